The van der Waals surface area contributed by atoms with E-state index >= 15 is 0 Å². The molecular formula is C13H20N2O. The first-order valence-electron chi connectivity index (χ1n) is 5.86. The Morgan fingerprint density at radius 3 is 2.56 bits per heavy atom. The zero-order valence-corrected chi connectivity index (χ0v) is 10.4. The van der Waals surface area contributed by atoms with E-state index in [0.717, 1.165) is 32.1 Å². The van der Waals surface area contributed by atoms with Gasteiger partial charge in [-0.05, 0) is 23.1 Å². The number of anilines is 1. The van der Waals surface area contributed by atoms with Crippen LogP contribution in [-0.2, 0) is 10.2 Å². The standard InChI is InChI=1S/C13H20N2O/c1-13(2,3)11-4-5-14-12(10-11)15-6-8-16-9-7-15/h4-5,10H,6-9H2,1-3H3. The van der Waals surface area contributed by atoms with Gasteiger partial charge < -0.3 is 9.64 Å². The van der Waals surface area contributed by atoms with Crippen molar-refractivity contribution in [2.45, 2.75) is 26.2 Å². The minimum Gasteiger partial charge on any atom is -0.378 e. The number of morpholine rings is 1. The van der Waals surface area contributed by atoms with Gasteiger partial charge in [0.1, 0.15) is 5.82 Å². The van der Waals surface area contributed by atoms with Crippen molar-refractivity contribution in [3.05, 3.63) is 23.9 Å². The number of ether oxygens (including phenoxy) is 1. The van der Waals surface area contributed by atoms with Crippen LogP contribution in [0, 0.1) is 0 Å². The Balaban J connectivity index is 2.21. The number of hydrogen-bond donors (Lipinski definition) is 0. The van der Waals surface area contributed by atoms with Gasteiger partial charge in [-0.1, -0.05) is 20.8 Å². The van der Waals surface area contributed by atoms with Gasteiger partial charge in [-0.2, -0.15) is 0 Å². The molecule has 2 heterocycles. The van der Waals surface area contributed by atoms with Gasteiger partial charge in [0.2, 0.25) is 0 Å². The third-order valence-electron chi connectivity index (χ3n) is 2.95. The molecule has 1 aliphatic heterocycles. The fourth-order valence-electron chi connectivity index (χ4n) is 1.85. The van der Waals surface area contributed by atoms with Crippen LogP contribution in [-0.4, -0.2) is 31.3 Å². The van der Waals surface area contributed by atoms with Gasteiger partial charge in [0.15, 0.2) is 0 Å². The van der Waals surface area contributed by atoms with E-state index in [1.165, 1.54) is 5.56 Å². The first kappa shape index (κ1) is 11.4. The molecule has 3 nitrogen and oxygen atoms in total. The Hall–Kier alpha value is -1.09. The number of pyridine rings is 1. The monoisotopic (exact) mass is 220 g/mol. The van der Waals surface area contributed by atoms with Crippen LogP contribution in [0.4, 0.5) is 5.82 Å². The molecule has 0 atom stereocenters. The maximum absolute atomic E-state index is 5.35. The van der Waals surface area contributed by atoms with Crippen LogP contribution in [0.1, 0.15) is 26.3 Å². The first-order chi connectivity index (χ1) is 7.57. The van der Waals surface area contributed by atoms with E-state index in [0.29, 0.717) is 0 Å². The lowest BCUT2D eigenvalue weighted by molar-refractivity contribution is 0.122. The van der Waals surface area contributed by atoms with Crippen molar-refractivity contribution in [3.63, 3.8) is 0 Å². The highest BCUT2D eigenvalue weighted by Crippen LogP contribution is 2.24. The molecule has 2 rings (SSSR count). The summed E-state index contributed by atoms with van der Waals surface area (Å²) in [7, 11) is 0. The number of rotatable bonds is 1. The van der Waals surface area contributed by atoms with E-state index in [4.69, 9.17) is 4.74 Å². The summed E-state index contributed by atoms with van der Waals surface area (Å²) in [6, 6.07) is 4.30. The largest absolute Gasteiger partial charge is 0.378 e. The molecule has 0 amide bonds. The summed E-state index contributed by atoms with van der Waals surface area (Å²) in [4.78, 5) is 6.74. The minimum absolute atomic E-state index is 0.185. The molecule has 0 radical (unpaired) electrons. The Kier molecular flexibility index (Phi) is 3.15. The van der Waals surface area contributed by atoms with E-state index in [1.807, 2.05) is 6.20 Å². The lowest BCUT2D eigenvalue weighted by Gasteiger charge is -2.29. The fourth-order valence-corrected chi connectivity index (χ4v) is 1.85. The number of aromatic nitrogens is 1. The zero-order chi connectivity index (χ0) is 11.6. The smallest absolute Gasteiger partial charge is 0.128 e. The second-order valence-corrected chi connectivity index (χ2v) is 5.25. The SMILES string of the molecule is CC(C)(C)c1ccnc(N2CCOCC2)c1. The average Bonchev–Trinajstić information content (AvgIpc) is 2.29. The van der Waals surface area contributed by atoms with E-state index in [-0.39, 0.29) is 5.41 Å². The van der Waals surface area contributed by atoms with Crippen LogP contribution in [0.5, 0.6) is 0 Å². The van der Waals surface area contributed by atoms with Crippen LogP contribution >= 0.6 is 0 Å². The van der Waals surface area contributed by atoms with Gasteiger partial charge in [0.25, 0.3) is 0 Å². The Morgan fingerprint density at radius 2 is 1.94 bits per heavy atom. The van der Waals surface area contributed by atoms with Crippen molar-refractivity contribution in [1.82, 2.24) is 4.98 Å². The molecule has 1 aromatic heterocycles. The lowest BCUT2D eigenvalue weighted by atomic mass is 9.88. The Bertz CT molecular complexity index is 351. The maximum atomic E-state index is 5.35. The summed E-state index contributed by atoms with van der Waals surface area (Å²) >= 11 is 0. The predicted octanol–water partition coefficient (Wildman–Crippen LogP) is 2.22. The van der Waals surface area contributed by atoms with Crippen molar-refractivity contribution in [3.8, 4) is 0 Å². The summed E-state index contributed by atoms with van der Waals surface area (Å²) in [6.07, 6.45) is 1.91. The normalized spacial score (nSPS) is 17.6. The van der Waals surface area contributed by atoms with Crippen molar-refractivity contribution >= 4 is 5.82 Å². The van der Waals surface area contributed by atoms with Crippen molar-refractivity contribution in [2.75, 3.05) is 31.2 Å². The topological polar surface area (TPSA) is 25.4 Å². The zero-order valence-electron chi connectivity index (χ0n) is 10.4. The van der Waals surface area contributed by atoms with E-state index in [2.05, 4.69) is 42.8 Å². The van der Waals surface area contributed by atoms with Crippen LogP contribution in [0.15, 0.2) is 18.3 Å². The predicted molar refractivity (Wildman–Crippen MR) is 66.0 cm³/mol. The summed E-state index contributed by atoms with van der Waals surface area (Å²) in [5, 5.41) is 0. The Labute approximate surface area is 97.4 Å². The van der Waals surface area contributed by atoms with Crippen LogP contribution in [0.3, 0.4) is 0 Å². The third kappa shape index (κ3) is 2.53. The molecule has 0 aromatic carbocycles. The molecule has 88 valence electrons. The third-order valence-corrected chi connectivity index (χ3v) is 2.95. The second kappa shape index (κ2) is 4.42. The average molecular weight is 220 g/mol. The van der Waals surface area contributed by atoms with Crippen molar-refractivity contribution < 1.29 is 4.74 Å². The maximum Gasteiger partial charge on any atom is 0.128 e. The van der Waals surface area contributed by atoms with E-state index in [1.54, 1.807) is 0 Å². The molecule has 1 aliphatic rings. The molecule has 0 bridgehead atoms. The van der Waals surface area contributed by atoms with Crippen molar-refractivity contribution in [2.24, 2.45) is 0 Å². The highest BCUT2D eigenvalue weighted by molar-refractivity contribution is 5.43. The number of hydrogen-bond acceptors (Lipinski definition) is 3. The molecule has 1 fully saturated rings. The second-order valence-electron chi connectivity index (χ2n) is 5.25. The first-order valence-corrected chi connectivity index (χ1v) is 5.86. The summed E-state index contributed by atoms with van der Waals surface area (Å²) in [5.41, 5.74) is 1.52. The van der Waals surface area contributed by atoms with E-state index < -0.39 is 0 Å². The van der Waals surface area contributed by atoms with Gasteiger partial charge in [-0.3, -0.25) is 0 Å². The molecular weight excluding hydrogens is 200 g/mol. The summed E-state index contributed by atoms with van der Waals surface area (Å²) in [6.45, 7) is 10.2. The van der Waals surface area contributed by atoms with Gasteiger partial charge in [-0.15, -0.1) is 0 Å². The summed E-state index contributed by atoms with van der Waals surface area (Å²) < 4.78 is 5.35. The molecule has 3 heteroatoms. The summed E-state index contributed by atoms with van der Waals surface area (Å²) in [5.74, 6) is 1.08. The van der Waals surface area contributed by atoms with Gasteiger partial charge in [0, 0.05) is 19.3 Å². The molecule has 1 aromatic rings. The number of nitrogens with zero attached hydrogens (tertiary/aromatic N) is 2. The van der Waals surface area contributed by atoms with Gasteiger partial charge in [0.05, 0.1) is 13.2 Å². The van der Waals surface area contributed by atoms with Crippen molar-refractivity contribution in [1.29, 1.82) is 0 Å². The van der Waals surface area contributed by atoms with Crippen LogP contribution in [0.2, 0.25) is 0 Å². The fraction of sp³-hybridized carbons (Fsp3) is 0.615. The lowest BCUT2D eigenvalue weighted by Crippen LogP contribution is -2.36. The highest BCUT2D eigenvalue weighted by Gasteiger charge is 2.17. The van der Waals surface area contributed by atoms with Crippen LogP contribution in [0.25, 0.3) is 0 Å². The molecule has 0 aliphatic carbocycles. The molecule has 0 saturated carbocycles. The van der Waals surface area contributed by atoms with Gasteiger partial charge >= 0.3 is 0 Å². The van der Waals surface area contributed by atoms with E-state index in [9.17, 15) is 0 Å². The highest BCUT2D eigenvalue weighted by atomic mass is 16.5. The van der Waals surface area contributed by atoms with Crippen LogP contribution < -0.4 is 4.90 Å². The Morgan fingerprint density at radius 1 is 1.25 bits per heavy atom. The minimum atomic E-state index is 0.185. The molecule has 0 spiro atoms. The molecule has 0 N–H and O–H groups in total. The molecule has 0 unspecified atom stereocenters. The molecule has 1 saturated heterocycles. The quantitative estimate of drug-likeness (QED) is 0.725. The molecule has 16 heavy (non-hydrogen) atoms. The van der Waals surface area contributed by atoms with Gasteiger partial charge in [-0.25, -0.2) is 4.98 Å².